The average Bonchev–Trinajstić information content (AvgIpc) is 2.91. The standard InChI is InChI=1S/C17H14ClFN2O/c18-13-5-3-6-14(19)16(13)17(22)20-9-8-11-10-21-15-7-2-1-4-12(11)15/h1-7,10,21H,8-9H2,(H,20,22). The van der Waals surface area contributed by atoms with Crippen molar-refractivity contribution in [1.29, 1.82) is 0 Å². The highest BCUT2D eigenvalue weighted by Crippen LogP contribution is 2.19. The molecule has 0 radical (unpaired) electrons. The summed E-state index contributed by atoms with van der Waals surface area (Å²) in [5, 5.41) is 3.95. The maximum Gasteiger partial charge on any atom is 0.255 e. The number of halogens is 2. The quantitative estimate of drug-likeness (QED) is 0.752. The highest BCUT2D eigenvalue weighted by Gasteiger charge is 2.15. The van der Waals surface area contributed by atoms with Gasteiger partial charge in [-0.25, -0.2) is 4.39 Å². The first kappa shape index (κ1) is 14.6. The molecule has 0 fully saturated rings. The minimum atomic E-state index is -0.614. The van der Waals surface area contributed by atoms with E-state index in [9.17, 15) is 9.18 Å². The third kappa shape index (κ3) is 2.83. The van der Waals surface area contributed by atoms with E-state index in [0.29, 0.717) is 13.0 Å². The van der Waals surface area contributed by atoms with E-state index in [0.717, 1.165) is 16.5 Å². The van der Waals surface area contributed by atoms with Crippen LogP contribution in [0.4, 0.5) is 4.39 Å². The van der Waals surface area contributed by atoms with Crippen molar-refractivity contribution in [2.45, 2.75) is 6.42 Å². The van der Waals surface area contributed by atoms with Gasteiger partial charge in [-0.3, -0.25) is 4.79 Å². The monoisotopic (exact) mass is 316 g/mol. The van der Waals surface area contributed by atoms with Crippen molar-refractivity contribution in [3.63, 3.8) is 0 Å². The van der Waals surface area contributed by atoms with Gasteiger partial charge < -0.3 is 10.3 Å². The zero-order chi connectivity index (χ0) is 15.5. The van der Waals surface area contributed by atoms with Crippen LogP contribution in [-0.4, -0.2) is 17.4 Å². The van der Waals surface area contributed by atoms with Gasteiger partial charge in [0.2, 0.25) is 0 Å². The largest absolute Gasteiger partial charge is 0.361 e. The molecule has 0 spiro atoms. The first-order valence-electron chi connectivity index (χ1n) is 6.94. The fourth-order valence-corrected chi connectivity index (χ4v) is 2.70. The number of carbonyl (C=O) groups is 1. The smallest absolute Gasteiger partial charge is 0.255 e. The average molecular weight is 317 g/mol. The van der Waals surface area contributed by atoms with Crippen molar-refractivity contribution in [3.05, 3.63) is 70.6 Å². The Kier molecular flexibility index (Phi) is 4.11. The molecule has 2 N–H and O–H groups in total. The van der Waals surface area contributed by atoms with E-state index < -0.39 is 11.7 Å². The van der Waals surface area contributed by atoms with Gasteiger partial charge in [0.05, 0.1) is 10.6 Å². The Morgan fingerprint density at radius 1 is 1.18 bits per heavy atom. The molecule has 22 heavy (non-hydrogen) atoms. The van der Waals surface area contributed by atoms with E-state index in [1.54, 1.807) is 0 Å². The molecule has 0 atom stereocenters. The summed E-state index contributed by atoms with van der Waals surface area (Å²) in [5.41, 5.74) is 2.06. The number of aromatic nitrogens is 1. The predicted molar refractivity (Wildman–Crippen MR) is 85.7 cm³/mol. The minimum Gasteiger partial charge on any atom is -0.361 e. The third-order valence-corrected chi connectivity index (χ3v) is 3.86. The summed E-state index contributed by atoms with van der Waals surface area (Å²) >= 11 is 5.88. The molecule has 1 aromatic heterocycles. The van der Waals surface area contributed by atoms with Crippen LogP contribution in [0.3, 0.4) is 0 Å². The lowest BCUT2D eigenvalue weighted by Gasteiger charge is -2.07. The molecule has 0 unspecified atom stereocenters. The van der Waals surface area contributed by atoms with Gasteiger partial charge in [-0.05, 0) is 30.2 Å². The molecule has 1 amide bonds. The van der Waals surface area contributed by atoms with Crippen LogP contribution in [0.1, 0.15) is 15.9 Å². The topological polar surface area (TPSA) is 44.9 Å². The number of fused-ring (bicyclic) bond motifs is 1. The molecule has 0 aliphatic heterocycles. The molecular weight excluding hydrogens is 303 g/mol. The van der Waals surface area contributed by atoms with E-state index in [1.165, 1.54) is 18.2 Å². The van der Waals surface area contributed by atoms with Crippen LogP contribution in [0.15, 0.2) is 48.7 Å². The van der Waals surface area contributed by atoms with Crippen LogP contribution in [0.2, 0.25) is 5.02 Å². The number of nitrogens with one attached hydrogen (secondary N) is 2. The van der Waals surface area contributed by atoms with Crippen LogP contribution >= 0.6 is 11.6 Å². The zero-order valence-electron chi connectivity index (χ0n) is 11.7. The number of benzene rings is 2. The second-order valence-electron chi connectivity index (χ2n) is 4.96. The van der Waals surface area contributed by atoms with Gasteiger partial charge in [-0.15, -0.1) is 0 Å². The summed E-state index contributed by atoms with van der Waals surface area (Å²) in [6.07, 6.45) is 2.58. The fraction of sp³-hybridized carbons (Fsp3) is 0.118. The summed E-state index contributed by atoms with van der Waals surface area (Å²) in [6.45, 7) is 0.408. The molecule has 0 aliphatic rings. The first-order valence-corrected chi connectivity index (χ1v) is 7.32. The summed E-state index contributed by atoms with van der Waals surface area (Å²) in [7, 11) is 0. The van der Waals surface area contributed by atoms with E-state index in [4.69, 9.17) is 11.6 Å². The summed E-state index contributed by atoms with van der Waals surface area (Å²) in [4.78, 5) is 15.2. The van der Waals surface area contributed by atoms with Crippen molar-refractivity contribution in [2.75, 3.05) is 6.54 Å². The molecule has 3 rings (SSSR count). The van der Waals surface area contributed by atoms with E-state index >= 15 is 0 Å². The molecule has 3 nitrogen and oxygen atoms in total. The number of carbonyl (C=O) groups excluding carboxylic acids is 1. The van der Waals surface area contributed by atoms with Gasteiger partial charge in [0.25, 0.3) is 5.91 Å². The van der Waals surface area contributed by atoms with Crippen molar-refractivity contribution < 1.29 is 9.18 Å². The molecule has 1 heterocycles. The number of amides is 1. The lowest BCUT2D eigenvalue weighted by atomic mass is 10.1. The normalized spacial score (nSPS) is 10.8. The number of aromatic amines is 1. The summed E-state index contributed by atoms with van der Waals surface area (Å²) in [5.74, 6) is -1.11. The number of H-pyrrole nitrogens is 1. The summed E-state index contributed by atoms with van der Waals surface area (Å²) < 4.78 is 13.7. The Balaban J connectivity index is 1.67. The van der Waals surface area contributed by atoms with Crippen LogP contribution in [-0.2, 0) is 6.42 Å². The number of hydrogen-bond acceptors (Lipinski definition) is 1. The van der Waals surface area contributed by atoms with Gasteiger partial charge >= 0.3 is 0 Å². The van der Waals surface area contributed by atoms with Crippen molar-refractivity contribution in [3.8, 4) is 0 Å². The molecule has 0 saturated carbocycles. The van der Waals surface area contributed by atoms with Crippen molar-refractivity contribution in [2.24, 2.45) is 0 Å². The third-order valence-electron chi connectivity index (χ3n) is 3.54. The highest BCUT2D eigenvalue weighted by molar-refractivity contribution is 6.33. The molecule has 112 valence electrons. The second kappa shape index (κ2) is 6.20. The van der Waals surface area contributed by atoms with Crippen molar-refractivity contribution >= 4 is 28.4 Å². The Hall–Kier alpha value is -2.33. The second-order valence-corrected chi connectivity index (χ2v) is 5.37. The SMILES string of the molecule is O=C(NCCc1c[nH]c2ccccc12)c1c(F)cccc1Cl. The van der Waals surface area contributed by atoms with Crippen LogP contribution in [0.5, 0.6) is 0 Å². The maximum absolute atomic E-state index is 13.7. The lowest BCUT2D eigenvalue weighted by molar-refractivity contribution is 0.0950. The zero-order valence-corrected chi connectivity index (χ0v) is 12.5. The first-order chi connectivity index (χ1) is 10.7. The Bertz CT molecular complexity index is 808. The summed E-state index contributed by atoms with van der Waals surface area (Å²) in [6, 6.07) is 12.1. The van der Waals surface area contributed by atoms with Gasteiger partial charge in [0.15, 0.2) is 0 Å². The van der Waals surface area contributed by atoms with Crippen molar-refractivity contribution in [1.82, 2.24) is 10.3 Å². The minimum absolute atomic E-state index is 0.108. The van der Waals surface area contributed by atoms with Gasteiger partial charge in [0.1, 0.15) is 5.82 Å². The highest BCUT2D eigenvalue weighted by atomic mass is 35.5. The van der Waals surface area contributed by atoms with E-state index in [2.05, 4.69) is 10.3 Å². The number of rotatable bonds is 4. The molecule has 0 aliphatic carbocycles. The van der Waals surface area contributed by atoms with Gasteiger partial charge in [-0.2, -0.15) is 0 Å². The molecule has 3 aromatic rings. The predicted octanol–water partition coefficient (Wildman–Crippen LogP) is 3.93. The van der Waals surface area contributed by atoms with Crippen LogP contribution < -0.4 is 5.32 Å². The molecule has 2 aromatic carbocycles. The number of hydrogen-bond donors (Lipinski definition) is 2. The van der Waals surface area contributed by atoms with Crippen LogP contribution in [0.25, 0.3) is 10.9 Å². The van der Waals surface area contributed by atoms with Gasteiger partial charge in [-0.1, -0.05) is 35.9 Å². The van der Waals surface area contributed by atoms with E-state index in [1.807, 2.05) is 30.5 Å². The number of para-hydroxylation sites is 1. The molecule has 5 heteroatoms. The molecule has 0 bridgehead atoms. The maximum atomic E-state index is 13.7. The van der Waals surface area contributed by atoms with E-state index in [-0.39, 0.29) is 10.6 Å². The Morgan fingerprint density at radius 3 is 2.82 bits per heavy atom. The van der Waals surface area contributed by atoms with Crippen LogP contribution in [0, 0.1) is 5.82 Å². The molecular formula is C17H14ClFN2O. The Labute approximate surface area is 132 Å². The Morgan fingerprint density at radius 2 is 2.00 bits per heavy atom. The lowest BCUT2D eigenvalue weighted by Crippen LogP contribution is -2.26. The van der Waals surface area contributed by atoms with Gasteiger partial charge in [0, 0.05) is 23.6 Å². The fourth-order valence-electron chi connectivity index (χ4n) is 2.45. The molecule has 0 saturated heterocycles.